The van der Waals surface area contributed by atoms with Crippen LogP contribution in [0.1, 0.15) is 35.4 Å². The number of hydrogen-bond donors (Lipinski definition) is 1. The Kier molecular flexibility index (Phi) is 6.68. The van der Waals surface area contributed by atoms with Crippen molar-refractivity contribution in [2.24, 2.45) is 0 Å². The van der Waals surface area contributed by atoms with Gasteiger partial charge in [-0.2, -0.15) is 0 Å². The molecule has 3 heterocycles. The fourth-order valence-corrected chi connectivity index (χ4v) is 5.40. The van der Waals surface area contributed by atoms with Crippen LogP contribution in [0.15, 0.2) is 77.2 Å². The summed E-state index contributed by atoms with van der Waals surface area (Å²) in [4.78, 5) is 16.8. The van der Waals surface area contributed by atoms with Gasteiger partial charge in [-0.05, 0) is 59.4 Å². The average Bonchev–Trinajstić information content (AvgIpc) is 3.63. The average molecular weight is 497 g/mol. The first-order valence-corrected chi connectivity index (χ1v) is 13.2. The minimum Gasteiger partial charge on any atom is -0.487 e. The molecular weight excluding hydrogens is 464 g/mol. The topological polar surface area (TPSA) is 66.2 Å². The molecule has 6 rings (SSSR count). The molecule has 3 aromatic carbocycles. The van der Waals surface area contributed by atoms with Crippen LogP contribution in [-0.4, -0.2) is 66.2 Å². The number of furan rings is 1. The van der Waals surface area contributed by atoms with Crippen molar-refractivity contribution < 1.29 is 19.1 Å². The molecule has 0 radical (unpaired) electrons. The third kappa shape index (κ3) is 5.13. The number of para-hydroxylation sites is 1. The molecule has 1 amide bonds. The Morgan fingerprint density at radius 3 is 2.57 bits per heavy atom. The van der Waals surface area contributed by atoms with E-state index >= 15 is 0 Å². The Hall–Kier alpha value is -3.61. The maximum Gasteiger partial charge on any atom is 0.289 e. The number of carbonyl (C=O) groups is 1. The zero-order valence-electron chi connectivity index (χ0n) is 20.9. The molecule has 6 nitrogen and oxygen atoms in total. The molecule has 0 aliphatic carbocycles. The molecule has 6 heteroatoms. The SMILES string of the molecule is O=C(c1cc2cccc(OC[C@@H](O)CN3CC=C(c4ccc5ccccc5c4)CC3)c2o1)N1CCCC1. The van der Waals surface area contributed by atoms with E-state index in [1.54, 1.807) is 6.07 Å². The second-order valence-electron chi connectivity index (χ2n) is 10.1. The smallest absolute Gasteiger partial charge is 0.289 e. The normalized spacial score (nSPS) is 17.3. The number of benzene rings is 3. The highest BCUT2D eigenvalue weighted by Gasteiger charge is 2.24. The molecular formula is C31H32N2O4. The van der Waals surface area contributed by atoms with Crippen LogP contribution in [0.4, 0.5) is 0 Å². The largest absolute Gasteiger partial charge is 0.487 e. The fraction of sp³-hybridized carbons (Fsp3) is 0.323. The number of carbonyl (C=O) groups excluding carboxylic acids is 1. The van der Waals surface area contributed by atoms with Crippen molar-refractivity contribution >= 4 is 33.2 Å². The first-order chi connectivity index (χ1) is 18.1. The minimum absolute atomic E-state index is 0.0686. The van der Waals surface area contributed by atoms with Crippen LogP contribution in [0.2, 0.25) is 0 Å². The summed E-state index contributed by atoms with van der Waals surface area (Å²) in [5, 5.41) is 14.0. The van der Waals surface area contributed by atoms with Gasteiger partial charge in [0.2, 0.25) is 0 Å². The van der Waals surface area contributed by atoms with E-state index in [-0.39, 0.29) is 12.5 Å². The molecule has 4 aromatic rings. The van der Waals surface area contributed by atoms with Crippen molar-refractivity contribution in [3.63, 3.8) is 0 Å². The molecule has 1 atom stereocenters. The van der Waals surface area contributed by atoms with Crippen LogP contribution < -0.4 is 4.74 Å². The van der Waals surface area contributed by atoms with Crippen LogP contribution in [-0.2, 0) is 0 Å². The van der Waals surface area contributed by atoms with Gasteiger partial charge in [-0.25, -0.2) is 0 Å². The van der Waals surface area contributed by atoms with Crippen molar-refractivity contribution in [3.8, 4) is 5.75 Å². The third-order valence-corrected chi connectivity index (χ3v) is 7.43. The first kappa shape index (κ1) is 23.8. The van der Waals surface area contributed by atoms with Crippen LogP contribution in [0.25, 0.3) is 27.3 Å². The Balaban J connectivity index is 1.05. The lowest BCUT2D eigenvalue weighted by Crippen LogP contribution is -2.38. The zero-order chi connectivity index (χ0) is 25.2. The fourth-order valence-electron chi connectivity index (χ4n) is 5.40. The van der Waals surface area contributed by atoms with Gasteiger partial charge in [0.25, 0.3) is 5.91 Å². The molecule has 2 aliphatic heterocycles. The lowest BCUT2D eigenvalue weighted by molar-refractivity contribution is 0.0714. The van der Waals surface area contributed by atoms with Crippen LogP contribution in [0.5, 0.6) is 5.75 Å². The van der Waals surface area contributed by atoms with Gasteiger partial charge in [0, 0.05) is 38.1 Å². The van der Waals surface area contributed by atoms with Gasteiger partial charge in [0.15, 0.2) is 17.1 Å². The van der Waals surface area contributed by atoms with E-state index in [0.29, 0.717) is 23.6 Å². The zero-order valence-corrected chi connectivity index (χ0v) is 20.9. The molecule has 1 saturated heterocycles. The summed E-state index contributed by atoms with van der Waals surface area (Å²) < 4.78 is 11.9. The van der Waals surface area contributed by atoms with Gasteiger partial charge in [-0.15, -0.1) is 0 Å². The van der Waals surface area contributed by atoms with Gasteiger partial charge in [0.05, 0.1) is 0 Å². The maximum atomic E-state index is 12.7. The third-order valence-electron chi connectivity index (χ3n) is 7.43. The van der Waals surface area contributed by atoms with Gasteiger partial charge in [0.1, 0.15) is 12.7 Å². The van der Waals surface area contributed by atoms with Crippen LogP contribution in [0.3, 0.4) is 0 Å². The molecule has 0 bridgehead atoms. The lowest BCUT2D eigenvalue weighted by Gasteiger charge is -2.28. The second-order valence-corrected chi connectivity index (χ2v) is 10.1. The van der Waals surface area contributed by atoms with Gasteiger partial charge < -0.3 is 19.2 Å². The Bertz CT molecular complexity index is 1450. The van der Waals surface area contributed by atoms with Crippen molar-refractivity contribution in [3.05, 3.63) is 84.1 Å². The number of nitrogens with zero attached hydrogens (tertiary/aromatic N) is 2. The van der Waals surface area contributed by atoms with E-state index in [4.69, 9.17) is 9.15 Å². The van der Waals surface area contributed by atoms with Gasteiger partial charge in [-0.1, -0.05) is 54.6 Å². The predicted octanol–water partition coefficient (Wildman–Crippen LogP) is 5.35. The van der Waals surface area contributed by atoms with E-state index in [0.717, 1.165) is 50.8 Å². The number of β-amino-alcohol motifs (C(OH)–C–C–N with tert-alkyl or cyclic N) is 1. The highest BCUT2D eigenvalue weighted by molar-refractivity contribution is 5.97. The Labute approximate surface area is 216 Å². The number of amides is 1. The van der Waals surface area contributed by atoms with E-state index in [1.165, 1.54) is 21.9 Å². The summed E-state index contributed by atoms with van der Waals surface area (Å²) in [5.74, 6) is 0.825. The summed E-state index contributed by atoms with van der Waals surface area (Å²) in [6.45, 7) is 3.95. The van der Waals surface area contributed by atoms with E-state index in [2.05, 4.69) is 53.4 Å². The molecule has 0 spiro atoms. The summed E-state index contributed by atoms with van der Waals surface area (Å²) in [6.07, 6.45) is 4.66. The van der Waals surface area contributed by atoms with E-state index in [1.807, 2.05) is 23.1 Å². The summed E-state index contributed by atoms with van der Waals surface area (Å²) >= 11 is 0. The summed E-state index contributed by atoms with van der Waals surface area (Å²) in [7, 11) is 0. The molecule has 0 unspecified atom stereocenters. The first-order valence-electron chi connectivity index (χ1n) is 13.2. The highest BCUT2D eigenvalue weighted by atomic mass is 16.5. The highest BCUT2D eigenvalue weighted by Crippen LogP contribution is 2.30. The number of rotatable bonds is 7. The Morgan fingerprint density at radius 1 is 0.946 bits per heavy atom. The number of aliphatic hydroxyl groups excluding tert-OH is 1. The molecule has 1 N–H and O–H groups in total. The van der Waals surface area contributed by atoms with Crippen LogP contribution in [0, 0.1) is 0 Å². The van der Waals surface area contributed by atoms with Crippen molar-refractivity contribution in [1.29, 1.82) is 0 Å². The molecule has 37 heavy (non-hydrogen) atoms. The van der Waals surface area contributed by atoms with Crippen molar-refractivity contribution in [2.75, 3.05) is 39.3 Å². The molecule has 1 aromatic heterocycles. The van der Waals surface area contributed by atoms with Gasteiger partial charge >= 0.3 is 0 Å². The van der Waals surface area contributed by atoms with Crippen molar-refractivity contribution in [1.82, 2.24) is 9.80 Å². The maximum absolute atomic E-state index is 12.7. The van der Waals surface area contributed by atoms with E-state index < -0.39 is 6.10 Å². The quantitative estimate of drug-likeness (QED) is 0.374. The number of likely N-dealkylation sites (tertiary alicyclic amines) is 1. The van der Waals surface area contributed by atoms with Crippen LogP contribution >= 0.6 is 0 Å². The molecule has 0 saturated carbocycles. The number of fused-ring (bicyclic) bond motifs is 2. The molecule has 190 valence electrons. The number of hydrogen-bond acceptors (Lipinski definition) is 5. The standard InChI is InChI=1S/C31H32N2O4/c34-27(20-32-16-12-23(13-17-32)25-11-10-22-6-1-2-7-24(22)18-25)21-36-28-9-5-8-26-19-29(37-30(26)28)31(35)33-14-3-4-15-33/h1-2,5-12,18-19,27,34H,3-4,13-17,20-21H2/t27-/m0/s1. The molecule has 1 fully saturated rings. The summed E-state index contributed by atoms with van der Waals surface area (Å²) in [6, 6.07) is 22.5. The number of aliphatic hydroxyl groups is 1. The predicted molar refractivity (Wildman–Crippen MR) is 146 cm³/mol. The number of ether oxygens (including phenoxy) is 1. The lowest BCUT2D eigenvalue weighted by atomic mass is 9.97. The van der Waals surface area contributed by atoms with E-state index in [9.17, 15) is 9.90 Å². The minimum atomic E-state index is -0.633. The molecule has 2 aliphatic rings. The van der Waals surface area contributed by atoms with Crippen molar-refractivity contribution in [2.45, 2.75) is 25.4 Å². The van der Waals surface area contributed by atoms with Gasteiger partial charge in [-0.3, -0.25) is 9.69 Å². The summed E-state index contributed by atoms with van der Waals surface area (Å²) in [5.41, 5.74) is 3.19. The monoisotopic (exact) mass is 496 g/mol. The second kappa shape index (κ2) is 10.4. The Morgan fingerprint density at radius 2 is 1.76 bits per heavy atom.